The number of rotatable bonds is 4. The SMILES string of the molecule is COc1ccc2nc(N3C(=O)c4oc5ccc(F)cc5c(=O)c4C34C(=O)N(Cc3ccc(C)cc3)c3ccccc34)sc2c1. The first kappa shape index (κ1) is 26.3. The smallest absolute Gasteiger partial charge is 0.297 e. The van der Waals surface area contributed by atoms with Crippen molar-refractivity contribution in [3.8, 4) is 5.75 Å². The number of nitrogens with zero attached hydrogens (tertiary/aromatic N) is 3. The lowest BCUT2D eigenvalue weighted by Crippen LogP contribution is -2.53. The predicted octanol–water partition coefficient (Wildman–Crippen LogP) is 6.31. The van der Waals surface area contributed by atoms with Gasteiger partial charge in [-0.05, 0) is 55.0 Å². The average Bonchev–Trinajstić information content (AvgIpc) is 3.64. The van der Waals surface area contributed by atoms with Crippen LogP contribution in [-0.2, 0) is 16.9 Å². The Labute approximate surface area is 253 Å². The van der Waals surface area contributed by atoms with Gasteiger partial charge in [0.25, 0.3) is 11.8 Å². The summed E-state index contributed by atoms with van der Waals surface area (Å²) in [4.78, 5) is 51.5. The summed E-state index contributed by atoms with van der Waals surface area (Å²) in [7, 11) is 1.56. The molecule has 2 aliphatic rings. The number of benzene rings is 4. The molecule has 44 heavy (non-hydrogen) atoms. The number of carbonyl (C=O) groups is 2. The van der Waals surface area contributed by atoms with Crippen LogP contribution in [0.15, 0.2) is 94.1 Å². The van der Waals surface area contributed by atoms with E-state index in [1.807, 2.05) is 31.2 Å². The zero-order chi connectivity index (χ0) is 30.3. The summed E-state index contributed by atoms with van der Waals surface area (Å²) >= 11 is 1.19. The molecule has 0 N–H and O–H groups in total. The van der Waals surface area contributed by atoms with Gasteiger partial charge in [0.1, 0.15) is 17.1 Å². The number of halogens is 1. The number of aryl methyl sites for hydroxylation is 1. The van der Waals surface area contributed by atoms with Crippen LogP contribution in [0.5, 0.6) is 5.75 Å². The minimum atomic E-state index is -1.94. The molecule has 1 unspecified atom stereocenters. The molecule has 0 saturated heterocycles. The summed E-state index contributed by atoms with van der Waals surface area (Å²) in [5.74, 6) is -1.50. The van der Waals surface area contributed by atoms with Gasteiger partial charge in [-0.2, -0.15) is 0 Å². The van der Waals surface area contributed by atoms with Crippen LogP contribution in [0.2, 0.25) is 0 Å². The van der Waals surface area contributed by atoms with E-state index in [9.17, 15) is 14.0 Å². The number of amides is 2. The van der Waals surface area contributed by atoms with Gasteiger partial charge < -0.3 is 14.1 Å². The van der Waals surface area contributed by atoms with Crippen molar-refractivity contribution < 1.29 is 23.1 Å². The van der Waals surface area contributed by atoms with Crippen LogP contribution in [0, 0.1) is 12.7 Å². The number of fused-ring (bicyclic) bond motifs is 6. The van der Waals surface area contributed by atoms with Crippen LogP contribution >= 0.6 is 11.3 Å². The van der Waals surface area contributed by atoms with Gasteiger partial charge >= 0.3 is 0 Å². The van der Waals surface area contributed by atoms with Crippen LogP contribution in [0.4, 0.5) is 15.2 Å². The molecule has 0 fully saturated rings. The van der Waals surface area contributed by atoms with Crippen LogP contribution in [0.25, 0.3) is 21.2 Å². The Morgan fingerprint density at radius 2 is 1.77 bits per heavy atom. The van der Waals surface area contributed by atoms with Crippen LogP contribution in [0.1, 0.15) is 32.8 Å². The first-order valence-electron chi connectivity index (χ1n) is 13.8. The Kier molecular flexibility index (Phi) is 5.57. The van der Waals surface area contributed by atoms with Gasteiger partial charge in [0.15, 0.2) is 16.1 Å². The van der Waals surface area contributed by atoms with Crippen LogP contribution in [-0.4, -0.2) is 23.9 Å². The maximum absolute atomic E-state index is 15.1. The van der Waals surface area contributed by atoms with Crippen molar-refractivity contribution in [2.45, 2.75) is 19.0 Å². The largest absolute Gasteiger partial charge is 0.497 e. The minimum Gasteiger partial charge on any atom is -0.497 e. The summed E-state index contributed by atoms with van der Waals surface area (Å²) in [5, 5.41) is 0.147. The van der Waals surface area contributed by atoms with Gasteiger partial charge in [-0.15, -0.1) is 0 Å². The third kappa shape index (κ3) is 3.48. The molecule has 8 rings (SSSR count). The van der Waals surface area contributed by atoms with Crippen molar-refractivity contribution in [1.82, 2.24) is 4.98 Å². The Morgan fingerprint density at radius 1 is 0.977 bits per heavy atom. The first-order chi connectivity index (χ1) is 21.3. The molecule has 2 aromatic heterocycles. The highest BCUT2D eigenvalue weighted by Gasteiger charge is 2.66. The van der Waals surface area contributed by atoms with E-state index in [-0.39, 0.29) is 34.0 Å². The number of anilines is 2. The molecule has 0 bridgehead atoms. The van der Waals surface area contributed by atoms with E-state index in [1.54, 1.807) is 54.5 Å². The van der Waals surface area contributed by atoms with E-state index in [4.69, 9.17) is 14.1 Å². The molecule has 1 spiro atoms. The molecular formula is C34H22FN3O5S. The van der Waals surface area contributed by atoms with E-state index >= 15 is 4.79 Å². The third-order valence-electron chi connectivity index (χ3n) is 8.32. The van der Waals surface area contributed by atoms with Gasteiger partial charge in [0.05, 0.1) is 40.5 Å². The molecule has 2 amide bonds. The second-order valence-electron chi connectivity index (χ2n) is 10.9. The first-order valence-corrected chi connectivity index (χ1v) is 14.7. The number of para-hydroxylation sites is 1. The van der Waals surface area contributed by atoms with Gasteiger partial charge in [-0.25, -0.2) is 9.37 Å². The summed E-state index contributed by atoms with van der Waals surface area (Å²) in [6.07, 6.45) is 0. The fraction of sp³-hybridized carbons (Fsp3) is 0.118. The van der Waals surface area contributed by atoms with Crippen LogP contribution < -0.4 is 20.0 Å². The number of ether oxygens (including phenoxy) is 1. The highest BCUT2D eigenvalue weighted by molar-refractivity contribution is 7.22. The molecule has 1 atom stereocenters. The Morgan fingerprint density at radius 3 is 2.57 bits per heavy atom. The van der Waals surface area contributed by atoms with Gasteiger partial charge in [0.2, 0.25) is 5.76 Å². The lowest BCUT2D eigenvalue weighted by atomic mass is 9.84. The lowest BCUT2D eigenvalue weighted by Gasteiger charge is -2.32. The summed E-state index contributed by atoms with van der Waals surface area (Å²) in [5.41, 5.74) is 0.814. The number of methoxy groups -OCH3 is 1. The molecule has 10 heteroatoms. The molecular weight excluding hydrogens is 581 g/mol. The standard InChI is InChI=1S/C34H22FN3O5S/c1-18-7-9-19(10-8-18)17-37-25-6-4-3-5-23(25)34(32(37)41)28-29(39)22-15-20(35)11-14-26(22)43-30(28)31(40)38(34)33-36-24-13-12-21(42-2)16-27(24)44-33/h3-16H,17H2,1-2H3. The normalized spacial score (nSPS) is 17.2. The van der Waals surface area contributed by atoms with Gasteiger partial charge in [-0.1, -0.05) is 59.4 Å². The van der Waals surface area contributed by atoms with Crippen molar-refractivity contribution >= 4 is 55.2 Å². The monoisotopic (exact) mass is 603 g/mol. The Hall–Kier alpha value is -5.35. The number of hydrogen-bond donors (Lipinski definition) is 0. The molecule has 0 saturated carbocycles. The Balaban J connectivity index is 1.44. The second-order valence-corrected chi connectivity index (χ2v) is 11.9. The van der Waals surface area contributed by atoms with E-state index in [1.165, 1.54) is 22.3 Å². The number of aromatic nitrogens is 1. The predicted molar refractivity (Wildman–Crippen MR) is 165 cm³/mol. The van der Waals surface area contributed by atoms with Crippen molar-refractivity contribution in [2.75, 3.05) is 16.9 Å². The average molecular weight is 604 g/mol. The van der Waals surface area contributed by atoms with Crippen molar-refractivity contribution in [3.05, 3.63) is 129 Å². The molecule has 6 aromatic rings. The highest BCUT2D eigenvalue weighted by Crippen LogP contribution is 2.55. The maximum Gasteiger partial charge on any atom is 0.297 e. The number of carbonyl (C=O) groups excluding carboxylic acids is 2. The third-order valence-corrected chi connectivity index (χ3v) is 9.33. The molecule has 2 aliphatic heterocycles. The minimum absolute atomic E-state index is 0.0461. The molecule has 216 valence electrons. The molecule has 0 aliphatic carbocycles. The van der Waals surface area contributed by atoms with Crippen LogP contribution in [0.3, 0.4) is 0 Å². The van der Waals surface area contributed by atoms with E-state index < -0.39 is 28.6 Å². The van der Waals surface area contributed by atoms with Crippen molar-refractivity contribution in [1.29, 1.82) is 0 Å². The zero-order valence-corrected chi connectivity index (χ0v) is 24.3. The fourth-order valence-electron chi connectivity index (χ4n) is 6.28. The van der Waals surface area contributed by atoms with E-state index in [0.717, 1.165) is 28.0 Å². The molecule has 8 nitrogen and oxygen atoms in total. The topological polar surface area (TPSA) is 93.0 Å². The second kappa shape index (κ2) is 9.32. The summed E-state index contributed by atoms with van der Waals surface area (Å²) < 4.78 is 26.6. The van der Waals surface area contributed by atoms with Gasteiger partial charge in [-0.3, -0.25) is 19.3 Å². The molecule has 4 heterocycles. The maximum atomic E-state index is 15.1. The highest BCUT2D eigenvalue weighted by atomic mass is 32.1. The van der Waals surface area contributed by atoms with Gasteiger partial charge in [0, 0.05) is 5.56 Å². The summed E-state index contributed by atoms with van der Waals surface area (Å²) in [6.45, 7) is 2.17. The number of hydrogen-bond acceptors (Lipinski definition) is 7. The molecule has 4 aromatic carbocycles. The van der Waals surface area contributed by atoms with Crippen molar-refractivity contribution in [3.63, 3.8) is 0 Å². The summed E-state index contributed by atoms with van der Waals surface area (Å²) in [6, 6.07) is 23.8. The van der Waals surface area contributed by atoms with Crippen molar-refractivity contribution in [2.24, 2.45) is 0 Å². The fourth-order valence-corrected chi connectivity index (χ4v) is 7.33. The molecule has 0 radical (unpaired) electrons. The Bertz CT molecular complexity index is 2260. The quantitative estimate of drug-likeness (QED) is 0.235. The van der Waals surface area contributed by atoms with E-state index in [2.05, 4.69) is 0 Å². The lowest BCUT2D eigenvalue weighted by molar-refractivity contribution is -0.121. The van der Waals surface area contributed by atoms with E-state index in [0.29, 0.717) is 22.5 Å². The zero-order valence-electron chi connectivity index (χ0n) is 23.5. The number of thiazole rings is 1.